The van der Waals surface area contributed by atoms with Crippen LogP contribution in [0, 0.1) is 25.7 Å². The third-order valence-corrected chi connectivity index (χ3v) is 8.02. The largest absolute Gasteiger partial charge is 0.463 e. The molecule has 4 atom stereocenters. The quantitative estimate of drug-likeness (QED) is 0.599. The SMILES string of the molecule is Cc1ccc(C)c(N2C(=O)c3cc4occc4n3CC2(C)C(=O)NC2CCCC(C)C2C)c1. The fourth-order valence-corrected chi connectivity index (χ4v) is 5.66. The van der Waals surface area contributed by atoms with Gasteiger partial charge >= 0.3 is 0 Å². The zero-order chi connectivity index (χ0) is 23.5. The summed E-state index contributed by atoms with van der Waals surface area (Å²) < 4.78 is 7.53. The number of nitrogens with zero attached hydrogens (tertiary/aromatic N) is 2. The first-order chi connectivity index (χ1) is 15.7. The third-order valence-electron chi connectivity index (χ3n) is 8.02. The number of hydrogen-bond donors (Lipinski definition) is 1. The van der Waals surface area contributed by atoms with E-state index in [9.17, 15) is 9.59 Å². The molecule has 6 nitrogen and oxygen atoms in total. The van der Waals surface area contributed by atoms with Crippen LogP contribution in [-0.4, -0.2) is 28.0 Å². The van der Waals surface area contributed by atoms with Crippen LogP contribution in [0.25, 0.3) is 11.1 Å². The number of carbonyl (C=O) groups excluding carboxylic acids is 2. The molecule has 1 saturated carbocycles. The van der Waals surface area contributed by atoms with Crippen LogP contribution in [0.15, 0.2) is 41.0 Å². The van der Waals surface area contributed by atoms with E-state index in [1.165, 1.54) is 6.42 Å². The van der Waals surface area contributed by atoms with Gasteiger partial charge in [-0.05, 0) is 56.2 Å². The minimum absolute atomic E-state index is 0.0984. The molecule has 0 saturated heterocycles. The van der Waals surface area contributed by atoms with Gasteiger partial charge in [0.1, 0.15) is 11.2 Å². The highest BCUT2D eigenvalue weighted by atomic mass is 16.3. The van der Waals surface area contributed by atoms with Gasteiger partial charge in [0.25, 0.3) is 5.91 Å². The van der Waals surface area contributed by atoms with Gasteiger partial charge in [0.05, 0.1) is 18.3 Å². The summed E-state index contributed by atoms with van der Waals surface area (Å²) in [5.41, 5.74) is 3.79. The van der Waals surface area contributed by atoms with E-state index in [-0.39, 0.29) is 17.9 Å². The van der Waals surface area contributed by atoms with Gasteiger partial charge in [0, 0.05) is 23.9 Å². The van der Waals surface area contributed by atoms with Crippen molar-refractivity contribution in [3.8, 4) is 0 Å². The van der Waals surface area contributed by atoms with Gasteiger partial charge in [-0.25, -0.2) is 0 Å². The summed E-state index contributed by atoms with van der Waals surface area (Å²) in [4.78, 5) is 29.7. The van der Waals surface area contributed by atoms with Crippen molar-refractivity contribution in [2.45, 2.75) is 72.0 Å². The Hall–Kier alpha value is -3.02. The molecule has 0 bridgehead atoms. The molecule has 2 aromatic heterocycles. The number of rotatable bonds is 3. The summed E-state index contributed by atoms with van der Waals surface area (Å²) in [6, 6.07) is 9.83. The molecular formula is C27H33N3O3. The van der Waals surface area contributed by atoms with Crippen molar-refractivity contribution in [1.82, 2.24) is 9.88 Å². The minimum Gasteiger partial charge on any atom is -0.463 e. The van der Waals surface area contributed by atoms with E-state index in [2.05, 4.69) is 19.2 Å². The Morgan fingerprint density at radius 3 is 2.73 bits per heavy atom. The first-order valence-corrected chi connectivity index (χ1v) is 12.0. The lowest BCUT2D eigenvalue weighted by Gasteiger charge is -2.46. The van der Waals surface area contributed by atoms with E-state index in [0.717, 1.165) is 35.2 Å². The monoisotopic (exact) mass is 447 g/mol. The lowest BCUT2D eigenvalue weighted by Crippen LogP contribution is -2.66. The number of amides is 2. The summed E-state index contributed by atoms with van der Waals surface area (Å²) in [5.74, 6) is 0.701. The Balaban J connectivity index is 1.61. The molecule has 33 heavy (non-hydrogen) atoms. The molecule has 174 valence electrons. The van der Waals surface area contributed by atoms with Gasteiger partial charge < -0.3 is 14.3 Å². The standard InChI is InChI=1S/C27H33N3O3/c1-16-9-10-18(3)22(13-16)30-25(31)23-14-24-21(11-12-33-24)29(23)15-27(30,5)26(32)28-20-8-6-7-17(2)19(20)4/h9-14,17,19-20H,6-8,15H2,1-5H3,(H,28,32). The molecule has 0 radical (unpaired) electrons. The van der Waals surface area contributed by atoms with Gasteiger partial charge in [-0.3, -0.25) is 14.5 Å². The van der Waals surface area contributed by atoms with Crippen LogP contribution in [0.2, 0.25) is 0 Å². The van der Waals surface area contributed by atoms with Crippen LogP contribution < -0.4 is 10.2 Å². The first kappa shape index (κ1) is 21.8. The van der Waals surface area contributed by atoms with Crippen molar-refractivity contribution >= 4 is 28.6 Å². The van der Waals surface area contributed by atoms with Crippen molar-refractivity contribution in [1.29, 1.82) is 0 Å². The normalized spacial score (nSPS) is 27.6. The van der Waals surface area contributed by atoms with E-state index in [1.54, 1.807) is 17.2 Å². The maximum Gasteiger partial charge on any atom is 0.276 e. The van der Waals surface area contributed by atoms with Crippen molar-refractivity contribution in [2.24, 2.45) is 11.8 Å². The van der Waals surface area contributed by atoms with Gasteiger partial charge in [-0.2, -0.15) is 0 Å². The molecule has 4 unspecified atom stereocenters. The van der Waals surface area contributed by atoms with Crippen LogP contribution in [-0.2, 0) is 11.3 Å². The summed E-state index contributed by atoms with van der Waals surface area (Å²) >= 11 is 0. The van der Waals surface area contributed by atoms with Crippen molar-refractivity contribution < 1.29 is 14.0 Å². The van der Waals surface area contributed by atoms with Crippen LogP contribution in [0.3, 0.4) is 0 Å². The van der Waals surface area contributed by atoms with Crippen LogP contribution >= 0.6 is 0 Å². The fourth-order valence-electron chi connectivity index (χ4n) is 5.66. The van der Waals surface area contributed by atoms with Crippen molar-refractivity contribution in [3.05, 3.63) is 53.4 Å². The Bertz CT molecular complexity index is 1240. The fraction of sp³-hybridized carbons (Fsp3) is 0.481. The number of carbonyl (C=O) groups is 2. The van der Waals surface area contributed by atoms with E-state index in [4.69, 9.17) is 4.42 Å². The van der Waals surface area contributed by atoms with Crippen LogP contribution in [0.5, 0.6) is 0 Å². The Kier molecular flexibility index (Phi) is 5.15. The van der Waals surface area contributed by atoms with Gasteiger partial charge in [-0.1, -0.05) is 38.8 Å². The Morgan fingerprint density at radius 1 is 1.15 bits per heavy atom. The molecule has 3 aromatic rings. The van der Waals surface area contributed by atoms with E-state index >= 15 is 0 Å². The highest BCUT2D eigenvalue weighted by Gasteiger charge is 2.50. The molecule has 6 heteroatoms. The molecule has 1 fully saturated rings. The lowest BCUT2D eigenvalue weighted by atomic mass is 9.77. The molecule has 1 aliphatic carbocycles. The second-order valence-electron chi connectivity index (χ2n) is 10.3. The number of benzene rings is 1. The van der Waals surface area contributed by atoms with Crippen LogP contribution in [0.4, 0.5) is 5.69 Å². The second kappa shape index (κ2) is 7.79. The summed E-state index contributed by atoms with van der Waals surface area (Å²) in [6.07, 6.45) is 4.92. The average Bonchev–Trinajstić information content (AvgIpc) is 3.36. The lowest BCUT2D eigenvalue weighted by molar-refractivity contribution is -0.128. The molecule has 1 aliphatic heterocycles. The molecule has 5 rings (SSSR count). The molecule has 1 N–H and O–H groups in total. The van der Waals surface area contributed by atoms with E-state index < -0.39 is 5.54 Å². The van der Waals surface area contributed by atoms with Gasteiger partial charge in [0.15, 0.2) is 5.58 Å². The number of furan rings is 1. The predicted molar refractivity (Wildman–Crippen MR) is 129 cm³/mol. The first-order valence-electron chi connectivity index (χ1n) is 12.0. The highest BCUT2D eigenvalue weighted by Crippen LogP contribution is 2.38. The molecule has 2 aliphatic rings. The number of anilines is 1. The summed E-state index contributed by atoms with van der Waals surface area (Å²) in [5, 5.41) is 3.36. The predicted octanol–water partition coefficient (Wildman–Crippen LogP) is 5.21. The molecular weight excluding hydrogens is 414 g/mol. The molecule has 3 heterocycles. The maximum absolute atomic E-state index is 14.0. The molecule has 1 aromatic carbocycles. The van der Waals surface area contributed by atoms with Gasteiger partial charge in [0.2, 0.25) is 5.91 Å². The Morgan fingerprint density at radius 2 is 1.94 bits per heavy atom. The Labute approximate surface area is 194 Å². The highest BCUT2D eigenvalue weighted by molar-refractivity contribution is 6.14. The molecule has 0 spiro atoms. The third kappa shape index (κ3) is 3.38. The smallest absolute Gasteiger partial charge is 0.276 e. The number of aryl methyl sites for hydroxylation is 2. The second-order valence-corrected chi connectivity index (χ2v) is 10.3. The topological polar surface area (TPSA) is 67.5 Å². The van der Waals surface area contributed by atoms with Crippen molar-refractivity contribution in [2.75, 3.05) is 4.90 Å². The summed E-state index contributed by atoms with van der Waals surface area (Å²) in [7, 11) is 0. The zero-order valence-corrected chi connectivity index (χ0v) is 20.1. The zero-order valence-electron chi connectivity index (χ0n) is 20.1. The van der Waals surface area contributed by atoms with Crippen molar-refractivity contribution in [3.63, 3.8) is 0 Å². The average molecular weight is 448 g/mol. The number of fused-ring (bicyclic) bond motifs is 3. The maximum atomic E-state index is 14.0. The minimum atomic E-state index is -1.08. The number of hydrogen-bond acceptors (Lipinski definition) is 3. The molecule has 2 amide bonds. The van der Waals surface area contributed by atoms with Crippen LogP contribution in [0.1, 0.15) is 61.6 Å². The number of aromatic nitrogens is 1. The van der Waals surface area contributed by atoms with E-state index in [0.29, 0.717) is 29.7 Å². The van der Waals surface area contributed by atoms with E-state index in [1.807, 2.05) is 49.6 Å². The van der Waals surface area contributed by atoms with Gasteiger partial charge in [-0.15, -0.1) is 0 Å². The number of nitrogens with one attached hydrogen (secondary N) is 1. The summed E-state index contributed by atoms with van der Waals surface area (Å²) in [6.45, 7) is 10.8.